The van der Waals surface area contributed by atoms with Crippen LogP contribution in [0.1, 0.15) is 11.1 Å². The smallest absolute Gasteiger partial charge is 0.422 e. The first kappa shape index (κ1) is 14.1. The SMILES string of the molecule is Cc1ccc(C(O)=CC(=O)OCC(F)(F)F)cc1. The predicted molar refractivity (Wildman–Crippen MR) is 58.8 cm³/mol. The van der Waals surface area contributed by atoms with E-state index < -0.39 is 24.5 Å². The second kappa shape index (κ2) is 5.57. The molecule has 0 amide bonds. The van der Waals surface area contributed by atoms with E-state index in [4.69, 9.17) is 0 Å². The largest absolute Gasteiger partial charge is 0.507 e. The van der Waals surface area contributed by atoms with Gasteiger partial charge in [-0.1, -0.05) is 29.8 Å². The summed E-state index contributed by atoms with van der Waals surface area (Å²) in [5.41, 5.74) is 1.27. The molecule has 0 bridgehead atoms. The van der Waals surface area contributed by atoms with Gasteiger partial charge in [-0.3, -0.25) is 0 Å². The highest BCUT2D eigenvalue weighted by atomic mass is 19.4. The molecular weight excluding hydrogens is 249 g/mol. The summed E-state index contributed by atoms with van der Waals surface area (Å²) in [5, 5.41) is 9.49. The molecule has 0 aliphatic heterocycles. The van der Waals surface area contributed by atoms with E-state index in [9.17, 15) is 23.1 Å². The molecule has 6 heteroatoms. The number of alkyl halides is 3. The molecule has 0 atom stereocenters. The Morgan fingerprint density at radius 3 is 2.39 bits per heavy atom. The zero-order chi connectivity index (χ0) is 13.8. The normalized spacial score (nSPS) is 12.3. The van der Waals surface area contributed by atoms with Gasteiger partial charge in [0.2, 0.25) is 0 Å². The van der Waals surface area contributed by atoms with Gasteiger partial charge in [0.05, 0.1) is 6.08 Å². The van der Waals surface area contributed by atoms with E-state index in [2.05, 4.69) is 4.74 Å². The summed E-state index contributed by atoms with van der Waals surface area (Å²) < 4.78 is 39.2. The lowest BCUT2D eigenvalue weighted by Crippen LogP contribution is -2.19. The summed E-state index contributed by atoms with van der Waals surface area (Å²) in [6, 6.07) is 6.47. The molecule has 1 aromatic carbocycles. The third-order valence-electron chi connectivity index (χ3n) is 1.98. The molecule has 0 radical (unpaired) electrons. The molecule has 1 aromatic rings. The van der Waals surface area contributed by atoms with Crippen molar-refractivity contribution in [2.75, 3.05) is 6.61 Å². The molecule has 1 rings (SSSR count). The van der Waals surface area contributed by atoms with E-state index in [1.807, 2.05) is 6.92 Å². The molecule has 0 spiro atoms. The number of ether oxygens (including phenoxy) is 1. The summed E-state index contributed by atoms with van der Waals surface area (Å²) in [5.74, 6) is -1.69. The summed E-state index contributed by atoms with van der Waals surface area (Å²) in [7, 11) is 0. The minimum Gasteiger partial charge on any atom is -0.507 e. The van der Waals surface area contributed by atoms with Gasteiger partial charge >= 0.3 is 12.1 Å². The van der Waals surface area contributed by atoms with Gasteiger partial charge in [-0.2, -0.15) is 13.2 Å². The van der Waals surface area contributed by atoms with Crippen molar-refractivity contribution in [1.29, 1.82) is 0 Å². The molecule has 0 heterocycles. The van der Waals surface area contributed by atoms with Gasteiger partial charge in [0.25, 0.3) is 0 Å². The van der Waals surface area contributed by atoms with E-state index in [1.54, 1.807) is 12.1 Å². The van der Waals surface area contributed by atoms with Gasteiger partial charge in [-0.25, -0.2) is 4.79 Å². The Morgan fingerprint density at radius 2 is 1.89 bits per heavy atom. The van der Waals surface area contributed by atoms with E-state index >= 15 is 0 Å². The maximum Gasteiger partial charge on any atom is 0.422 e. The molecule has 0 aliphatic carbocycles. The van der Waals surface area contributed by atoms with E-state index in [0.717, 1.165) is 5.56 Å². The lowest BCUT2D eigenvalue weighted by molar-refractivity contribution is -0.182. The predicted octanol–water partition coefficient (Wildman–Crippen LogP) is 3.00. The number of carbonyl (C=O) groups is 1. The van der Waals surface area contributed by atoms with Crippen molar-refractivity contribution in [3.8, 4) is 0 Å². The average molecular weight is 260 g/mol. The lowest BCUT2D eigenvalue weighted by atomic mass is 10.1. The number of carbonyl (C=O) groups excluding carboxylic acids is 1. The highest BCUT2D eigenvalue weighted by molar-refractivity contribution is 5.89. The van der Waals surface area contributed by atoms with Crippen molar-refractivity contribution in [2.24, 2.45) is 0 Å². The van der Waals surface area contributed by atoms with Crippen LogP contribution in [0.15, 0.2) is 30.3 Å². The lowest BCUT2D eigenvalue weighted by Gasteiger charge is -2.06. The Morgan fingerprint density at radius 1 is 1.33 bits per heavy atom. The Hall–Kier alpha value is -1.98. The molecule has 0 aromatic heterocycles. The standard InChI is InChI=1S/C12H11F3O3/c1-8-2-4-9(5-3-8)10(16)6-11(17)18-7-12(13,14)15/h2-6,16H,7H2,1H3. The maximum atomic E-state index is 11.8. The summed E-state index contributed by atoms with van der Waals surface area (Å²) in [6.07, 6.45) is -3.97. The molecule has 98 valence electrons. The topological polar surface area (TPSA) is 46.5 Å². The van der Waals surface area contributed by atoms with Crippen LogP contribution in [-0.4, -0.2) is 23.9 Å². The van der Waals surface area contributed by atoms with Gasteiger partial charge < -0.3 is 9.84 Å². The number of aryl methyl sites for hydroxylation is 1. The van der Waals surface area contributed by atoms with Crippen LogP contribution in [0.4, 0.5) is 13.2 Å². The van der Waals surface area contributed by atoms with E-state index in [1.165, 1.54) is 12.1 Å². The molecular formula is C12H11F3O3. The summed E-state index contributed by atoms with van der Waals surface area (Å²) in [6.45, 7) is 0.158. The number of benzene rings is 1. The number of hydrogen-bond acceptors (Lipinski definition) is 3. The zero-order valence-electron chi connectivity index (χ0n) is 9.49. The van der Waals surface area contributed by atoms with Crippen LogP contribution in [0.3, 0.4) is 0 Å². The fraction of sp³-hybridized carbons (Fsp3) is 0.250. The molecule has 0 saturated heterocycles. The highest BCUT2D eigenvalue weighted by Gasteiger charge is 2.29. The van der Waals surface area contributed by atoms with Crippen molar-refractivity contribution in [3.63, 3.8) is 0 Å². The van der Waals surface area contributed by atoms with Crippen molar-refractivity contribution >= 4 is 11.7 Å². The molecule has 0 saturated carbocycles. The van der Waals surface area contributed by atoms with Crippen molar-refractivity contribution in [3.05, 3.63) is 41.5 Å². The third kappa shape index (κ3) is 4.90. The van der Waals surface area contributed by atoms with Crippen LogP contribution in [0.5, 0.6) is 0 Å². The average Bonchev–Trinajstić information content (AvgIpc) is 2.26. The van der Waals surface area contributed by atoms with Gasteiger partial charge in [0.15, 0.2) is 6.61 Å². The minimum atomic E-state index is -4.58. The second-order valence-electron chi connectivity index (χ2n) is 3.62. The first-order valence-electron chi connectivity index (χ1n) is 4.99. The number of aliphatic hydroxyl groups is 1. The van der Waals surface area contributed by atoms with E-state index in [-0.39, 0.29) is 0 Å². The molecule has 18 heavy (non-hydrogen) atoms. The fourth-order valence-electron chi connectivity index (χ4n) is 1.11. The zero-order valence-corrected chi connectivity index (χ0v) is 9.49. The Bertz CT molecular complexity index is 447. The number of aliphatic hydroxyl groups excluding tert-OH is 1. The molecule has 0 unspecified atom stereocenters. The third-order valence-corrected chi connectivity index (χ3v) is 1.98. The number of rotatable bonds is 3. The van der Waals surface area contributed by atoms with Crippen LogP contribution in [0.2, 0.25) is 0 Å². The fourth-order valence-corrected chi connectivity index (χ4v) is 1.11. The van der Waals surface area contributed by atoms with Crippen LogP contribution in [0, 0.1) is 6.92 Å². The minimum absolute atomic E-state index is 0.324. The van der Waals surface area contributed by atoms with Crippen LogP contribution >= 0.6 is 0 Å². The Labute approximate surface area is 101 Å². The van der Waals surface area contributed by atoms with Crippen LogP contribution < -0.4 is 0 Å². The molecule has 3 nitrogen and oxygen atoms in total. The molecule has 0 aliphatic rings. The van der Waals surface area contributed by atoms with Gasteiger partial charge in [-0.15, -0.1) is 0 Å². The Kier molecular flexibility index (Phi) is 4.36. The van der Waals surface area contributed by atoms with Crippen molar-refractivity contribution in [2.45, 2.75) is 13.1 Å². The number of hydrogen-bond donors (Lipinski definition) is 1. The first-order chi connectivity index (χ1) is 8.28. The second-order valence-corrected chi connectivity index (χ2v) is 3.62. The van der Waals surface area contributed by atoms with Gasteiger partial charge in [-0.05, 0) is 6.92 Å². The first-order valence-corrected chi connectivity index (χ1v) is 4.99. The van der Waals surface area contributed by atoms with E-state index in [0.29, 0.717) is 11.6 Å². The monoisotopic (exact) mass is 260 g/mol. The van der Waals surface area contributed by atoms with Crippen molar-refractivity contribution in [1.82, 2.24) is 0 Å². The van der Waals surface area contributed by atoms with Crippen LogP contribution in [-0.2, 0) is 9.53 Å². The Balaban J connectivity index is 2.66. The molecule has 0 fully saturated rings. The quantitative estimate of drug-likeness (QED) is 0.516. The number of halogens is 3. The van der Waals surface area contributed by atoms with Crippen LogP contribution in [0.25, 0.3) is 5.76 Å². The highest BCUT2D eigenvalue weighted by Crippen LogP contribution is 2.16. The summed E-state index contributed by atoms with van der Waals surface area (Å²) >= 11 is 0. The number of esters is 1. The van der Waals surface area contributed by atoms with Gasteiger partial charge in [0.1, 0.15) is 5.76 Å². The molecule has 1 N–H and O–H groups in total. The van der Waals surface area contributed by atoms with Crippen molar-refractivity contribution < 1.29 is 27.8 Å². The maximum absolute atomic E-state index is 11.8. The van der Waals surface area contributed by atoms with Gasteiger partial charge in [0, 0.05) is 5.56 Å². The summed E-state index contributed by atoms with van der Waals surface area (Å²) in [4.78, 5) is 11.0.